The largest absolute Gasteiger partial charge is 0.488 e. The van der Waals surface area contributed by atoms with Crippen LogP contribution in [-0.2, 0) is 16.1 Å². The van der Waals surface area contributed by atoms with Crippen LogP contribution in [0.1, 0.15) is 22.7 Å². The van der Waals surface area contributed by atoms with Gasteiger partial charge in [-0.15, -0.1) is 0 Å². The average molecular weight is 497 g/mol. The van der Waals surface area contributed by atoms with Crippen molar-refractivity contribution < 1.29 is 14.6 Å². The van der Waals surface area contributed by atoms with Crippen LogP contribution in [0.5, 0.6) is 0 Å². The van der Waals surface area contributed by atoms with E-state index in [1.54, 1.807) is 17.2 Å². The number of fused-ring (bicyclic) bond motifs is 1. The van der Waals surface area contributed by atoms with Gasteiger partial charge < -0.3 is 20.1 Å². The fraction of sp³-hybridized carbons (Fsp3) is 0.233. The topological polar surface area (TPSA) is 68.3 Å². The fourth-order valence-corrected chi connectivity index (χ4v) is 4.77. The van der Waals surface area contributed by atoms with Crippen molar-refractivity contribution in [1.29, 1.82) is 0 Å². The van der Waals surface area contributed by atoms with Crippen molar-refractivity contribution in [2.45, 2.75) is 18.8 Å². The smallest absolute Gasteiger partial charge is 0.276 e. The van der Waals surface area contributed by atoms with Crippen molar-refractivity contribution in [3.05, 3.63) is 131 Å². The number of benzene rings is 3. The molecule has 5 rings (SSSR count). The summed E-state index contributed by atoms with van der Waals surface area (Å²) in [5, 5.41) is 18.1. The molecule has 7 heteroatoms. The van der Waals surface area contributed by atoms with E-state index in [0.29, 0.717) is 25.5 Å². The van der Waals surface area contributed by atoms with Gasteiger partial charge in [-0.3, -0.25) is 9.80 Å². The van der Waals surface area contributed by atoms with Gasteiger partial charge in [-0.25, -0.2) is 0 Å². The minimum atomic E-state index is -1.02. The van der Waals surface area contributed by atoms with Crippen LogP contribution < -0.4 is 5.32 Å². The molecule has 0 saturated carbocycles. The molecule has 1 unspecified atom stereocenters. The first-order valence-corrected chi connectivity index (χ1v) is 12.5. The summed E-state index contributed by atoms with van der Waals surface area (Å²) in [6, 6.07) is 30.1. The zero-order valence-electron chi connectivity index (χ0n) is 20.9. The number of carbonyl (C=O) groups excluding carboxylic acids is 1. The Hall–Kier alpha value is -3.91. The number of likely N-dealkylation sites (N-methyl/N-ethyl adjacent to an activating group) is 1. The third-order valence-electron chi connectivity index (χ3n) is 6.62. The molecule has 0 aromatic heterocycles. The van der Waals surface area contributed by atoms with Crippen molar-refractivity contribution in [3.8, 4) is 0 Å². The second-order valence-electron chi connectivity index (χ2n) is 9.09. The Morgan fingerprint density at radius 3 is 2.14 bits per heavy atom. The van der Waals surface area contributed by atoms with E-state index in [0.717, 1.165) is 16.7 Å². The highest BCUT2D eigenvalue weighted by atomic mass is 16.5. The van der Waals surface area contributed by atoms with E-state index in [4.69, 9.17) is 4.74 Å². The van der Waals surface area contributed by atoms with Gasteiger partial charge in [0.15, 0.2) is 11.5 Å². The van der Waals surface area contributed by atoms with Crippen molar-refractivity contribution in [2.75, 3.05) is 26.8 Å². The van der Waals surface area contributed by atoms with E-state index in [1.807, 2.05) is 78.8 Å². The van der Waals surface area contributed by atoms with E-state index in [1.165, 1.54) is 0 Å². The fourth-order valence-electron chi connectivity index (χ4n) is 4.77. The van der Waals surface area contributed by atoms with E-state index in [2.05, 4.69) is 34.6 Å². The molecule has 1 saturated heterocycles. The Bertz CT molecular complexity index is 1210. The highest BCUT2D eigenvalue weighted by molar-refractivity contribution is 5.94. The standard InChI is InChI=1S/C30H32N4O3/c1-31-18-20-32-22-34(27(24-13-7-3-8-14-24)25-15-9-4-10-16-25)33-19-17-26(35)29(28(33)30(32)36)37-21-23-11-5-2-6-12-23/h2-17,19,26-27,31,35H,18,20-22H2,1H3. The highest BCUT2D eigenvalue weighted by Crippen LogP contribution is 2.37. The molecule has 3 aromatic carbocycles. The Balaban J connectivity index is 1.59. The maximum absolute atomic E-state index is 13.8. The van der Waals surface area contributed by atoms with Crippen LogP contribution in [-0.4, -0.2) is 58.8 Å². The summed E-state index contributed by atoms with van der Waals surface area (Å²) >= 11 is 0. The first kappa shape index (κ1) is 24.8. The molecule has 1 atom stereocenters. The van der Waals surface area contributed by atoms with Crippen molar-refractivity contribution in [3.63, 3.8) is 0 Å². The van der Waals surface area contributed by atoms with Gasteiger partial charge in [0, 0.05) is 19.3 Å². The molecule has 2 heterocycles. The molecule has 1 amide bonds. The van der Waals surface area contributed by atoms with Crippen molar-refractivity contribution in [1.82, 2.24) is 20.2 Å². The summed E-state index contributed by atoms with van der Waals surface area (Å²) in [7, 11) is 1.87. The lowest BCUT2D eigenvalue weighted by Crippen LogP contribution is -2.59. The Labute approximate surface area is 217 Å². The summed E-state index contributed by atoms with van der Waals surface area (Å²) < 4.78 is 6.16. The van der Waals surface area contributed by atoms with Crippen LogP contribution in [0.3, 0.4) is 0 Å². The number of carbonyl (C=O) groups is 1. The van der Waals surface area contributed by atoms with Crippen LogP contribution in [0.2, 0.25) is 0 Å². The predicted octanol–water partition coefficient (Wildman–Crippen LogP) is 3.63. The summed E-state index contributed by atoms with van der Waals surface area (Å²) in [4.78, 5) is 15.6. The normalized spacial score (nSPS) is 17.9. The molecule has 1 fully saturated rings. The number of rotatable bonds is 9. The Morgan fingerprint density at radius 2 is 1.54 bits per heavy atom. The SMILES string of the molecule is CNCCN1CN(C(c2ccccc2)c2ccccc2)N2C=CC(O)C(OCc3ccccc3)=C2C1=O. The first-order chi connectivity index (χ1) is 18.2. The molecule has 7 nitrogen and oxygen atoms in total. The monoisotopic (exact) mass is 496 g/mol. The zero-order chi connectivity index (χ0) is 25.6. The van der Waals surface area contributed by atoms with E-state index >= 15 is 0 Å². The molecule has 3 aromatic rings. The molecule has 0 radical (unpaired) electrons. The third-order valence-corrected chi connectivity index (χ3v) is 6.62. The number of amides is 1. The van der Waals surface area contributed by atoms with Crippen molar-refractivity contribution >= 4 is 5.91 Å². The molecule has 190 valence electrons. The van der Waals surface area contributed by atoms with Crippen LogP contribution in [0, 0.1) is 0 Å². The second-order valence-corrected chi connectivity index (χ2v) is 9.09. The lowest BCUT2D eigenvalue weighted by Gasteiger charge is -2.49. The van der Waals surface area contributed by atoms with Crippen LogP contribution in [0.15, 0.2) is 115 Å². The number of aliphatic hydroxyl groups excluding tert-OH is 1. The summed E-state index contributed by atoms with van der Waals surface area (Å²) in [5.74, 6) is 0.0909. The first-order valence-electron chi connectivity index (χ1n) is 12.5. The molecular formula is C30H32N4O3. The van der Waals surface area contributed by atoms with Crippen LogP contribution >= 0.6 is 0 Å². The predicted molar refractivity (Wildman–Crippen MR) is 142 cm³/mol. The van der Waals surface area contributed by atoms with Gasteiger partial charge in [0.05, 0.1) is 12.7 Å². The lowest BCUT2D eigenvalue weighted by molar-refractivity contribution is -0.150. The lowest BCUT2D eigenvalue weighted by atomic mass is 9.97. The molecule has 0 aliphatic carbocycles. The second kappa shape index (κ2) is 11.4. The summed E-state index contributed by atoms with van der Waals surface area (Å²) in [5.41, 5.74) is 3.50. The van der Waals surface area contributed by atoms with E-state index in [-0.39, 0.29) is 24.3 Å². The number of hydrogen-bond donors (Lipinski definition) is 2. The Kier molecular flexibility index (Phi) is 7.65. The van der Waals surface area contributed by atoms with Gasteiger partial charge in [0.25, 0.3) is 5.91 Å². The molecule has 2 aliphatic rings. The minimum Gasteiger partial charge on any atom is -0.488 e. The van der Waals surface area contributed by atoms with Crippen LogP contribution in [0.4, 0.5) is 0 Å². The molecule has 0 bridgehead atoms. The maximum atomic E-state index is 13.8. The number of hydrogen-bond acceptors (Lipinski definition) is 6. The average Bonchev–Trinajstić information content (AvgIpc) is 2.95. The van der Waals surface area contributed by atoms with Crippen LogP contribution in [0.25, 0.3) is 0 Å². The molecule has 2 N–H and O–H groups in total. The molecule has 2 aliphatic heterocycles. The number of nitrogens with one attached hydrogen (secondary N) is 1. The molecule has 37 heavy (non-hydrogen) atoms. The van der Waals surface area contributed by atoms with Gasteiger partial charge >= 0.3 is 0 Å². The Morgan fingerprint density at radius 1 is 0.946 bits per heavy atom. The summed E-state index contributed by atoms with van der Waals surface area (Å²) in [6.07, 6.45) is 2.43. The minimum absolute atomic E-state index is 0.169. The highest BCUT2D eigenvalue weighted by Gasteiger charge is 2.43. The van der Waals surface area contributed by atoms with Gasteiger partial charge in [0.2, 0.25) is 0 Å². The van der Waals surface area contributed by atoms with Gasteiger partial charge in [-0.05, 0) is 29.8 Å². The number of nitrogens with zero attached hydrogens (tertiary/aromatic N) is 3. The number of ether oxygens (including phenoxy) is 1. The van der Waals surface area contributed by atoms with Gasteiger partial charge in [0.1, 0.15) is 12.7 Å². The maximum Gasteiger partial charge on any atom is 0.276 e. The molecule has 0 spiro atoms. The number of hydrazine groups is 1. The zero-order valence-corrected chi connectivity index (χ0v) is 20.9. The van der Waals surface area contributed by atoms with E-state index < -0.39 is 6.10 Å². The van der Waals surface area contributed by atoms with E-state index in [9.17, 15) is 9.90 Å². The quantitative estimate of drug-likeness (QED) is 0.472. The number of aliphatic hydroxyl groups is 1. The molecular weight excluding hydrogens is 464 g/mol. The summed E-state index contributed by atoms with van der Waals surface area (Å²) in [6.45, 7) is 1.80. The van der Waals surface area contributed by atoms with Gasteiger partial charge in [-0.2, -0.15) is 5.01 Å². The van der Waals surface area contributed by atoms with Crippen molar-refractivity contribution in [2.24, 2.45) is 0 Å². The van der Waals surface area contributed by atoms with Gasteiger partial charge in [-0.1, -0.05) is 91.0 Å². The third kappa shape index (κ3) is 5.29.